The van der Waals surface area contributed by atoms with Gasteiger partial charge in [-0.25, -0.2) is 0 Å². The molecule has 4 heavy (non-hydrogen) atoms. The van der Waals surface area contributed by atoms with Gasteiger partial charge in [-0.2, -0.15) is 0 Å². The summed E-state index contributed by atoms with van der Waals surface area (Å²) in [5.41, 5.74) is 0. The summed E-state index contributed by atoms with van der Waals surface area (Å²) in [6.07, 6.45) is 0. The number of hydrogen-bond acceptors (Lipinski definition) is 0. The molecule has 0 aliphatic heterocycles. The molecular formula is BiPb3. The predicted octanol–water partition coefficient (Wildman–Crippen LogP) is -1.52. The molecule has 0 saturated heterocycles. The van der Waals surface area contributed by atoms with Gasteiger partial charge in [-0.1, -0.05) is 0 Å². The minimum absolute atomic E-state index is 0. The van der Waals surface area contributed by atoms with E-state index < -0.39 is 0 Å². The third-order valence-corrected chi connectivity index (χ3v) is 0. The summed E-state index contributed by atoms with van der Waals surface area (Å²) >= 11 is 0. The first kappa shape index (κ1) is 25.4. The fourth-order valence-corrected chi connectivity index (χ4v) is 0. The molecule has 0 aromatic heterocycles. The second-order valence-electron chi connectivity index (χ2n) is 0. The van der Waals surface area contributed by atoms with E-state index in [0.717, 1.165) is 0 Å². The van der Waals surface area contributed by atoms with Crippen molar-refractivity contribution in [1.29, 1.82) is 0 Å². The summed E-state index contributed by atoms with van der Waals surface area (Å²) in [6.45, 7) is 0. The molecule has 0 aromatic carbocycles. The Labute approximate surface area is 105 Å². The van der Waals surface area contributed by atoms with Gasteiger partial charge in [0.1, 0.15) is 0 Å². The maximum Gasteiger partial charge on any atom is 0 e. The summed E-state index contributed by atoms with van der Waals surface area (Å²) < 4.78 is 0. The van der Waals surface area contributed by atoms with Crippen LogP contribution in [0.2, 0.25) is 0 Å². The fourth-order valence-electron chi connectivity index (χ4n) is 0. The van der Waals surface area contributed by atoms with Gasteiger partial charge < -0.3 is 0 Å². The van der Waals surface area contributed by atoms with Crippen molar-refractivity contribution in [1.82, 2.24) is 0 Å². The first-order valence-corrected chi connectivity index (χ1v) is 0. The Balaban J connectivity index is 0. The summed E-state index contributed by atoms with van der Waals surface area (Å²) in [5.74, 6) is 0. The minimum atomic E-state index is 0. The van der Waals surface area contributed by atoms with E-state index in [2.05, 4.69) is 0 Å². The van der Waals surface area contributed by atoms with E-state index in [1.807, 2.05) is 0 Å². The largest absolute Gasteiger partial charge is 0 e. The molecule has 0 rings (SSSR count). The zero-order chi connectivity index (χ0) is 0. The number of rotatable bonds is 0. The molecule has 0 aliphatic rings. The molecular weight excluding hydrogens is 831 g/mol. The molecule has 0 aliphatic carbocycles. The Morgan fingerprint density at radius 3 is 0.500 bits per heavy atom. The number of hydrogen-bond donors (Lipinski definition) is 0. The molecule has 0 fully saturated rings. The van der Waals surface area contributed by atoms with E-state index in [1.165, 1.54) is 0 Å². The third kappa shape index (κ3) is 9.17. The van der Waals surface area contributed by atoms with Gasteiger partial charge in [0.25, 0.3) is 0 Å². The quantitative estimate of drug-likeness (QED) is 0.261. The van der Waals surface area contributed by atoms with Crippen molar-refractivity contribution in [2.75, 3.05) is 0 Å². The normalized spacial score (nSPS) is 0. The molecule has 0 atom stereocenters. The van der Waals surface area contributed by atoms with E-state index in [4.69, 9.17) is 0 Å². The van der Waals surface area contributed by atoms with Crippen LogP contribution in [0.4, 0.5) is 0 Å². The van der Waals surface area contributed by atoms with Crippen molar-refractivity contribution in [3.63, 3.8) is 0 Å². The molecule has 0 aromatic rings. The Morgan fingerprint density at radius 2 is 0.500 bits per heavy atom. The molecule has 0 unspecified atom stereocenters. The summed E-state index contributed by atoms with van der Waals surface area (Å²) in [6, 6.07) is 0. The zero-order valence-corrected chi connectivity index (χ0v) is 17.1. The van der Waals surface area contributed by atoms with Crippen molar-refractivity contribution in [2.24, 2.45) is 0 Å². The summed E-state index contributed by atoms with van der Waals surface area (Å²) in [5, 5.41) is 0. The van der Waals surface area contributed by atoms with Crippen LogP contribution in [-0.2, 0) is 0 Å². The van der Waals surface area contributed by atoms with Crippen LogP contribution < -0.4 is 0 Å². The Hall–Kier alpha value is 3.65. The van der Waals surface area contributed by atoms with Crippen LogP contribution in [0.15, 0.2) is 0 Å². The Morgan fingerprint density at radius 1 is 0.500 bits per heavy atom. The molecule has 0 bridgehead atoms. The van der Waals surface area contributed by atoms with Gasteiger partial charge in [-0.3, -0.25) is 0 Å². The molecule has 15 radical (unpaired) electrons. The van der Waals surface area contributed by atoms with Crippen LogP contribution >= 0.6 is 0 Å². The van der Waals surface area contributed by atoms with E-state index in [9.17, 15) is 0 Å². The van der Waals surface area contributed by atoms with Gasteiger partial charge in [0.15, 0.2) is 0 Å². The van der Waals surface area contributed by atoms with Crippen LogP contribution in [0, 0.1) is 0 Å². The van der Waals surface area contributed by atoms with Crippen molar-refractivity contribution < 1.29 is 0 Å². The topological polar surface area (TPSA) is 0 Å². The van der Waals surface area contributed by atoms with Gasteiger partial charge in [-0.05, 0) is 0 Å². The second-order valence-corrected chi connectivity index (χ2v) is 0. The molecule has 0 amide bonds. The van der Waals surface area contributed by atoms with Crippen molar-refractivity contribution >= 4 is 108 Å². The first-order chi connectivity index (χ1) is 0. The third-order valence-electron chi connectivity index (χ3n) is 0. The summed E-state index contributed by atoms with van der Waals surface area (Å²) in [7, 11) is 0. The predicted molar refractivity (Wildman–Crippen MR) is 23.0 cm³/mol. The van der Waals surface area contributed by atoms with Crippen LogP contribution in [0.3, 0.4) is 0 Å². The first-order valence-electron chi connectivity index (χ1n) is 0. The van der Waals surface area contributed by atoms with Gasteiger partial charge in [0.05, 0.1) is 0 Å². The van der Waals surface area contributed by atoms with Crippen LogP contribution in [0.1, 0.15) is 0 Å². The molecule has 0 heterocycles. The van der Waals surface area contributed by atoms with Crippen molar-refractivity contribution in [2.45, 2.75) is 0 Å². The van der Waals surface area contributed by atoms with Crippen LogP contribution in [-0.4, -0.2) is 108 Å². The molecule has 0 N–H and O–H groups in total. The molecule has 0 nitrogen and oxygen atoms in total. The van der Waals surface area contributed by atoms with Gasteiger partial charge in [0, 0.05) is 108 Å². The van der Waals surface area contributed by atoms with Gasteiger partial charge >= 0.3 is 0 Å². The Kier molecular flexibility index (Phi) is 101. The molecule has 4 heteroatoms. The SMILES string of the molecule is [Bi].[Pb].[Pb].[Pb]. The minimum Gasteiger partial charge on any atom is 0 e. The van der Waals surface area contributed by atoms with Crippen molar-refractivity contribution in [3.05, 3.63) is 0 Å². The molecule has 17 valence electrons. The van der Waals surface area contributed by atoms with Crippen LogP contribution in [0.5, 0.6) is 0 Å². The smallest absolute Gasteiger partial charge is 0 e. The maximum atomic E-state index is 0. The average Bonchev–Trinajstić information content (AvgIpc) is 0. The van der Waals surface area contributed by atoms with Crippen molar-refractivity contribution in [3.8, 4) is 0 Å². The van der Waals surface area contributed by atoms with E-state index in [1.54, 1.807) is 0 Å². The molecule has 0 saturated carbocycles. The second kappa shape index (κ2) is 15.9. The van der Waals surface area contributed by atoms with Gasteiger partial charge in [-0.15, -0.1) is 0 Å². The zero-order valence-electron chi connectivity index (χ0n) is 1.95. The average molecular weight is 831 g/mol. The maximum absolute atomic E-state index is 0. The summed E-state index contributed by atoms with van der Waals surface area (Å²) in [4.78, 5) is 0. The van der Waals surface area contributed by atoms with E-state index in [-0.39, 0.29) is 108 Å². The Bertz CT molecular complexity index is 3.25. The van der Waals surface area contributed by atoms with Gasteiger partial charge in [0.2, 0.25) is 0 Å². The fraction of sp³-hybridized carbons (Fsp3) is 0. The van der Waals surface area contributed by atoms with E-state index >= 15 is 0 Å². The monoisotopic (exact) mass is 833 g/mol. The molecule has 0 spiro atoms. The van der Waals surface area contributed by atoms with Crippen LogP contribution in [0.25, 0.3) is 0 Å². The standard InChI is InChI=1S/Bi.3Pb. The van der Waals surface area contributed by atoms with E-state index in [0.29, 0.717) is 0 Å².